The lowest BCUT2D eigenvalue weighted by molar-refractivity contribution is -0.0320. The number of anilines is 1. The zero-order chi connectivity index (χ0) is 24.8. The van der Waals surface area contributed by atoms with Crippen LogP contribution >= 0.6 is 19.2 Å². The highest BCUT2D eigenvalue weighted by molar-refractivity contribution is 7.56. The van der Waals surface area contributed by atoms with E-state index in [1.807, 2.05) is 0 Å². The summed E-state index contributed by atoms with van der Waals surface area (Å²) in [7, 11) is -5.20. The van der Waals surface area contributed by atoms with Crippen LogP contribution in [0.15, 0.2) is 48.2 Å². The first-order chi connectivity index (χ1) is 16.0. The van der Waals surface area contributed by atoms with Gasteiger partial charge < -0.3 is 30.1 Å². The van der Waals surface area contributed by atoms with Crippen LogP contribution in [0.1, 0.15) is 24.8 Å². The van der Waals surface area contributed by atoms with Crippen molar-refractivity contribution in [3.05, 3.63) is 64.7 Å². The molecule has 0 saturated carbocycles. The number of nitrogens with zero attached hydrogens (tertiary/aromatic N) is 3. The minimum Gasteiger partial charge on any atom is -0.387 e. The van der Waals surface area contributed by atoms with Crippen LogP contribution in [0.5, 0.6) is 0 Å². The third-order valence-corrected chi connectivity index (χ3v) is 6.27. The minimum absolute atomic E-state index is 0.0366. The largest absolute Gasteiger partial charge is 0.387 e. The van der Waals surface area contributed by atoms with E-state index in [0.29, 0.717) is 22.7 Å². The number of benzene rings is 1. The molecule has 1 aliphatic heterocycles. The summed E-state index contributed by atoms with van der Waals surface area (Å²) < 4.78 is 45.5. The number of aliphatic hydroxyl groups excluding tert-OH is 2. The molecule has 0 aliphatic carbocycles. The molecule has 4 rings (SSSR count). The molecule has 0 amide bonds. The molecule has 1 unspecified atom stereocenters. The number of aliphatic hydroxyl groups is 2. The fourth-order valence-electron chi connectivity index (χ4n) is 3.69. The quantitative estimate of drug-likeness (QED) is 0.246. The molecule has 14 heteroatoms. The number of ether oxygens (including phenoxy) is 1. The van der Waals surface area contributed by atoms with Crippen molar-refractivity contribution in [3.63, 3.8) is 0 Å². The number of halogens is 3. The van der Waals surface area contributed by atoms with Gasteiger partial charge in [-0.05, 0) is 25.1 Å². The highest BCUT2D eigenvalue weighted by atomic mass is 35.5. The van der Waals surface area contributed by atoms with Crippen molar-refractivity contribution in [1.82, 2.24) is 14.8 Å². The molecule has 3 heterocycles. The molecule has 1 aromatic carbocycles. The van der Waals surface area contributed by atoms with E-state index in [0.717, 1.165) is 4.68 Å². The molecule has 10 nitrogen and oxygen atoms in total. The number of hydrogen-bond donors (Lipinski definition) is 5. The SMILES string of the molecule is C[C@H](Nc1cc(Cl)nc2c1cnn2[C@@H]1OC(/C=C(\F)P(=O)(O)O)[C@@H](O)[C@H]1O)c1ccccc1F. The molecule has 0 spiro atoms. The summed E-state index contributed by atoms with van der Waals surface area (Å²) in [5, 5.41) is 28.4. The van der Waals surface area contributed by atoms with Gasteiger partial charge in [-0.3, -0.25) is 4.57 Å². The molecule has 0 radical (unpaired) electrons. The minimum atomic E-state index is -5.20. The molecule has 34 heavy (non-hydrogen) atoms. The maximum absolute atomic E-state index is 14.2. The lowest BCUT2D eigenvalue weighted by Crippen LogP contribution is -2.31. The third-order valence-electron chi connectivity index (χ3n) is 5.38. The van der Waals surface area contributed by atoms with E-state index in [1.54, 1.807) is 25.1 Å². The van der Waals surface area contributed by atoms with Crippen molar-refractivity contribution in [1.29, 1.82) is 0 Å². The average molecular weight is 517 g/mol. The molecule has 1 aliphatic rings. The Kier molecular flexibility index (Phi) is 6.76. The first-order valence-corrected chi connectivity index (χ1v) is 12.0. The molecule has 3 aromatic rings. The Morgan fingerprint density at radius 1 is 1.32 bits per heavy atom. The summed E-state index contributed by atoms with van der Waals surface area (Å²) in [6.45, 7) is 1.75. The number of aromatic nitrogens is 3. The lowest BCUT2D eigenvalue weighted by Gasteiger charge is -2.18. The number of rotatable bonds is 6. The van der Waals surface area contributed by atoms with Crippen LogP contribution in [0.2, 0.25) is 5.15 Å². The topological polar surface area (TPSA) is 150 Å². The summed E-state index contributed by atoms with van der Waals surface area (Å²) in [4.78, 5) is 22.0. The van der Waals surface area contributed by atoms with Crippen molar-refractivity contribution in [2.24, 2.45) is 0 Å². The number of hydrogen-bond acceptors (Lipinski definition) is 7. The van der Waals surface area contributed by atoms with Gasteiger partial charge in [-0.25, -0.2) is 14.1 Å². The summed E-state index contributed by atoms with van der Waals surface area (Å²) in [5.74, 6) is -0.396. The molecular formula is C20H20ClF2N4O6P. The monoisotopic (exact) mass is 516 g/mol. The number of nitrogens with one attached hydrogen (secondary N) is 1. The normalized spacial score (nSPS) is 24.5. The van der Waals surface area contributed by atoms with Gasteiger partial charge in [0.25, 0.3) is 0 Å². The fraction of sp³-hybridized carbons (Fsp3) is 0.300. The highest BCUT2D eigenvalue weighted by Gasteiger charge is 2.45. The van der Waals surface area contributed by atoms with Gasteiger partial charge >= 0.3 is 7.60 Å². The Bertz CT molecular complexity index is 1300. The van der Waals surface area contributed by atoms with E-state index in [-0.39, 0.29) is 10.8 Å². The second-order valence-corrected chi connectivity index (χ2v) is 9.61. The molecule has 182 valence electrons. The molecule has 1 fully saturated rings. The van der Waals surface area contributed by atoms with Crippen molar-refractivity contribution in [3.8, 4) is 0 Å². The van der Waals surface area contributed by atoms with Gasteiger partial charge in [0, 0.05) is 5.56 Å². The number of pyridine rings is 1. The van der Waals surface area contributed by atoms with Crippen LogP contribution < -0.4 is 5.32 Å². The molecular weight excluding hydrogens is 497 g/mol. The van der Waals surface area contributed by atoms with Crippen LogP contribution in [-0.2, 0) is 9.30 Å². The average Bonchev–Trinajstić information content (AvgIpc) is 3.29. The van der Waals surface area contributed by atoms with E-state index in [4.69, 9.17) is 26.1 Å². The standard InChI is InChI=1S/C20H20ClF2N4O6P/c1-9(10-4-2-3-5-12(10)22)25-13-6-15(21)26-19-11(13)8-24-27(19)20-18(29)17(28)14(33-20)7-16(23)34(30,31)32/h2-9,14,17-18,20,28-29H,1H3,(H,25,26)(H2,30,31,32)/b16-7+/t9-,14?,17+,18+,20+/m0/s1. The maximum Gasteiger partial charge on any atom is 0.384 e. The Morgan fingerprint density at radius 3 is 2.71 bits per heavy atom. The maximum atomic E-state index is 14.2. The van der Waals surface area contributed by atoms with Crippen LogP contribution in [0.25, 0.3) is 11.0 Å². The Balaban J connectivity index is 1.67. The van der Waals surface area contributed by atoms with Crippen LogP contribution in [0.4, 0.5) is 14.5 Å². The van der Waals surface area contributed by atoms with Gasteiger partial charge in [0.15, 0.2) is 11.9 Å². The lowest BCUT2D eigenvalue weighted by atomic mass is 10.1. The molecule has 0 bridgehead atoms. The van der Waals surface area contributed by atoms with E-state index in [1.165, 1.54) is 18.3 Å². The second kappa shape index (κ2) is 9.31. The fourth-order valence-corrected chi connectivity index (χ4v) is 4.22. The van der Waals surface area contributed by atoms with Crippen molar-refractivity contribution >= 4 is 35.9 Å². The van der Waals surface area contributed by atoms with Crippen LogP contribution in [0, 0.1) is 5.82 Å². The Hall–Kier alpha value is -2.44. The van der Waals surface area contributed by atoms with E-state index < -0.39 is 49.6 Å². The molecule has 5 atom stereocenters. The first kappa shape index (κ1) is 24.7. The van der Waals surface area contributed by atoms with Gasteiger partial charge in [-0.15, -0.1) is 0 Å². The second-order valence-electron chi connectivity index (χ2n) is 7.71. The Labute approximate surface area is 196 Å². The number of fused-ring (bicyclic) bond motifs is 1. The van der Waals surface area contributed by atoms with Gasteiger partial charge in [-0.1, -0.05) is 29.8 Å². The predicted octanol–water partition coefficient (Wildman–Crippen LogP) is 3.00. The summed E-state index contributed by atoms with van der Waals surface area (Å²) >= 11 is 6.17. The van der Waals surface area contributed by atoms with Gasteiger partial charge in [0.05, 0.1) is 23.3 Å². The molecule has 2 aromatic heterocycles. The third kappa shape index (κ3) is 4.71. The van der Waals surface area contributed by atoms with Gasteiger partial charge in [0.2, 0.25) is 5.57 Å². The first-order valence-electron chi connectivity index (χ1n) is 9.97. The van der Waals surface area contributed by atoms with E-state index >= 15 is 0 Å². The highest BCUT2D eigenvalue weighted by Crippen LogP contribution is 2.47. The van der Waals surface area contributed by atoms with Crippen molar-refractivity contribution < 1.29 is 38.1 Å². The van der Waals surface area contributed by atoms with E-state index in [2.05, 4.69) is 15.4 Å². The predicted molar refractivity (Wildman–Crippen MR) is 118 cm³/mol. The zero-order valence-corrected chi connectivity index (χ0v) is 19.1. The smallest absolute Gasteiger partial charge is 0.384 e. The van der Waals surface area contributed by atoms with Crippen LogP contribution in [0.3, 0.4) is 0 Å². The van der Waals surface area contributed by atoms with E-state index in [9.17, 15) is 23.6 Å². The van der Waals surface area contributed by atoms with Crippen molar-refractivity contribution in [2.75, 3.05) is 5.32 Å². The van der Waals surface area contributed by atoms with Crippen LogP contribution in [-0.4, -0.2) is 53.1 Å². The summed E-state index contributed by atoms with van der Waals surface area (Å²) in [6, 6.07) is 7.29. The zero-order valence-electron chi connectivity index (χ0n) is 17.5. The van der Waals surface area contributed by atoms with Crippen molar-refractivity contribution in [2.45, 2.75) is 37.5 Å². The summed E-state index contributed by atoms with van der Waals surface area (Å²) in [6.07, 6.45) is -4.49. The molecule has 5 N–H and O–H groups in total. The Morgan fingerprint density at radius 2 is 2.03 bits per heavy atom. The van der Waals surface area contributed by atoms with Gasteiger partial charge in [-0.2, -0.15) is 9.49 Å². The van der Waals surface area contributed by atoms with Gasteiger partial charge in [0.1, 0.15) is 29.3 Å². The molecule has 1 saturated heterocycles. The summed E-state index contributed by atoms with van der Waals surface area (Å²) in [5.41, 5.74) is -0.805.